The second-order valence-electron chi connectivity index (χ2n) is 6.05. The average molecular weight is 262 g/mol. The molecule has 1 unspecified atom stereocenters. The van der Waals surface area contributed by atoms with Crippen LogP contribution in [-0.2, 0) is 13.1 Å². The molecule has 1 aromatic heterocycles. The lowest BCUT2D eigenvalue weighted by Crippen LogP contribution is -2.38. The normalized spacial score (nSPS) is 24.8. The van der Waals surface area contributed by atoms with Crippen LogP contribution in [0.15, 0.2) is 16.5 Å². The molecule has 1 aromatic rings. The minimum absolute atomic E-state index is 0.750. The van der Waals surface area contributed by atoms with Gasteiger partial charge < -0.3 is 9.73 Å². The number of piperidine rings is 1. The fourth-order valence-electron chi connectivity index (χ4n) is 3.07. The first-order valence-corrected chi connectivity index (χ1v) is 7.90. The molecule has 1 atom stereocenters. The third-order valence-corrected chi connectivity index (χ3v) is 4.44. The van der Waals surface area contributed by atoms with Crippen LogP contribution in [0.1, 0.15) is 57.0 Å². The second kappa shape index (κ2) is 6.10. The molecule has 1 aliphatic heterocycles. The van der Waals surface area contributed by atoms with Crippen molar-refractivity contribution in [2.45, 2.75) is 70.6 Å². The molecule has 3 rings (SSSR count). The Morgan fingerprint density at radius 2 is 2.05 bits per heavy atom. The molecule has 0 radical (unpaired) electrons. The highest BCUT2D eigenvalue weighted by Gasteiger charge is 2.22. The van der Waals surface area contributed by atoms with Gasteiger partial charge in [0.05, 0.1) is 13.1 Å². The van der Waals surface area contributed by atoms with Crippen molar-refractivity contribution in [3.8, 4) is 0 Å². The van der Waals surface area contributed by atoms with Crippen LogP contribution in [0.4, 0.5) is 0 Å². The van der Waals surface area contributed by atoms with E-state index < -0.39 is 0 Å². The van der Waals surface area contributed by atoms with Gasteiger partial charge >= 0.3 is 0 Å². The fraction of sp³-hybridized carbons (Fsp3) is 0.750. The molecule has 3 nitrogen and oxygen atoms in total. The van der Waals surface area contributed by atoms with Gasteiger partial charge in [-0.2, -0.15) is 0 Å². The smallest absolute Gasteiger partial charge is 0.118 e. The molecule has 106 valence electrons. The van der Waals surface area contributed by atoms with Crippen molar-refractivity contribution < 1.29 is 4.42 Å². The summed E-state index contributed by atoms with van der Waals surface area (Å²) in [5.74, 6) is 2.22. The zero-order valence-electron chi connectivity index (χ0n) is 12.0. The number of nitrogens with one attached hydrogen (secondary N) is 1. The summed E-state index contributed by atoms with van der Waals surface area (Å²) in [5, 5.41) is 3.50. The van der Waals surface area contributed by atoms with Crippen LogP contribution < -0.4 is 5.32 Å². The van der Waals surface area contributed by atoms with Crippen molar-refractivity contribution in [1.29, 1.82) is 0 Å². The Labute approximate surface area is 116 Å². The van der Waals surface area contributed by atoms with E-state index in [1.807, 2.05) is 0 Å². The fourth-order valence-corrected chi connectivity index (χ4v) is 3.07. The Morgan fingerprint density at radius 1 is 1.21 bits per heavy atom. The summed E-state index contributed by atoms with van der Waals surface area (Å²) in [6, 6.07) is 5.80. The van der Waals surface area contributed by atoms with E-state index in [-0.39, 0.29) is 0 Å². The SMILES string of the molecule is CCC1CCCCN1Cc1ccc(CNC2CC2)o1. The van der Waals surface area contributed by atoms with Crippen LogP contribution in [0.3, 0.4) is 0 Å². The minimum atomic E-state index is 0.750. The molecule has 1 saturated heterocycles. The lowest BCUT2D eigenvalue weighted by atomic mass is 10.00. The van der Waals surface area contributed by atoms with Gasteiger partial charge in [-0.1, -0.05) is 13.3 Å². The Bertz CT molecular complexity index is 397. The van der Waals surface area contributed by atoms with Gasteiger partial charge in [0, 0.05) is 12.1 Å². The Kier molecular flexibility index (Phi) is 4.24. The number of furan rings is 1. The summed E-state index contributed by atoms with van der Waals surface area (Å²) in [6.45, 7) is 5.41. The van der Waals surface area contributed by atoms with Crippen molar-refractivity contribution >= 4 is 0 Å². The standard InChI is InChI=1S/C16H26N2O/c1-2-14-5-3-4-10-18(14)12-16-9-8-15(19-16)11-17-13-6-7-13/h8-9,13-14,17H,2-7,10-12H2,1H3. The van der Waals surface area contributed by atoms with E-state index in [1.54, 1.807) is 0 Å². The number of hydrogen-bond acceptors (Lipinski definition) is 3. The largest absolute Gasteiger partial charge is 0.463 e. The summed E-state index contributed by atoms with van der Waals surface area (Å²) in [5.41, 5.74) is 0. The molecule has 2 heterocycles. The maximum atomic E-state index is 5.95. The molecular formula is C16H26N2O. The van der Waals surface area contributed by atoms with E-state index in [0.29, 0.717) is 0 Å². The van der Waals surface area contributed by atoms with Crippen LogP contribution in [0.2, 0.25) is 0 Å². The van der Waals surface area contributed by atoms with Crippen molar-refractivity contribution in [1.82, 2.24) is 10.2 Å². The molecule has 0 bridgehead atoms. The summed E-state index contributed by atoms with van der Waals surface area (Å²) < 4.78 is 5.95. The molecule has 0 spiro atoms. The molecule has 1 N–H and O–H groups in total. The molecule has 2 fully saturated rings. The number of hydrogen-bond donors (Lipinski definition) is 1. The molecule has 1 saturated carbocycles. The van der Waals surface area contributed by atoms with Crippen LogP contribution in [0.25, 0.3) is 0 Å². The van der Waals surface area contributed by atoms with Crippen molar-refractivity contribution in [3.05, 3.63) is 23.7 Å². The first-order chi connectivity index (χ1) is 9.35. The third-order valence-electron chi connectivity index (χ3n) is 4.44. The lowest BCUT2D eigenvalue weighted by molar-refractivity contribution is 0.125. The van der Waals surface area contributed by atoms with Crippen LogP contribution >= 0.6 is 0 Å². The van der Waals surface area contributed by atoms with Crippen LogP contribution in [-0.4, -0.2) is 23.5 Å². The highest BCUT2D eigenvalue weighted by Crippen LogP contribution is 2.23. The van der Waals surface area contributed by atoms with Crippen LogP contribution in [0, 0.1) is 0 Å². The Balaban J connectivity index is 1.52. The van der Waals surface area contributed by atoms with Gasteiger partial charge in [0.1, 0.15) is 11.5 Å². The van der Waals surface area contributed by atoms with E-state index in [4.69, 9.17) is 4.42 Å². The molecule has 1 aliphatic carbocycles. The van der Waals surface area contributed by atoms with E-state index in [9.17, 15) is 0 Å². The Morgan fingerprint density at radius 3 is 2.84 bits per heavy atom. The molecule has 19 heavy (non-hydrogen) atoms. The van der Waals surface area contributed by atoms with E-state index >= 15 is 0 Å². The highest BCUT2D eigenvalue weighted by molar-refractivity contribution is 5.08. The van der Waals surface area contributed by atoms with E-state index in [2.05, 4.69) is 29.3 Å². The second-order valence-corrected chi connectivity index (χ2v) is 6.05. The van der Waals surface area contributed by atoms with Gasteiger partial charge in [0.25, 0.3) is 0 Å². The van der Waals surface area contributed by atoms with Gasteiger partial charge in [0.15, 0.2) is 0 Å². The first-order valence-electron chi connectivity index (χ1n) is 7.90. The minimum Gasteiger partial charge on any atom is -0.463 e. The van der Waals surface area contributed by atoms with Gasteiger partial charge in [0.2, 0.25) is 0 Å². The monoisotopic (exact) mass is 262 g/mol. The molecule has 2 aliphatic rings. The Hall–Kier alpha value is -0.800. The maximum absolute atomic E-state index is 5.95. The van der Waals surface area contributed by atoms with E-state index in [0.717, 1.165) is 36.7 Å². The summed E-state index contributed by atoms with van der Waals surface area (Å²) in [6.07, 6.45) is 8.01. The predicted octanol–water partition coefficient (Wildman–Crippen LogP) is 3.30. The number of likely N-dealkylation sites (tertiary alicyclic amines) is 1. The molecule has 0 aromatic carbocycles. The van der Waals surface area contributed by atoms with Crippen molar-refractivity contribution in [3.63, 3.8) is 0 Å². The van der Waals surface area contributed by atoms with Gasteiger partial charge in [-0.25, -0.2) is 0 Å². The van der Waals surface area contributed by atoms with Crippen molar-refractivity contribution in [2.75, 3.05) is 6.54 Å². The van der Waals surface area contributed by atoms with Gasteiger partial charge in [-0.05, 0) is 50.8 Å². The summed E-state index contributed by atoms with van der Waals surface area (Å²) >= 11 is 0. The zero-order valence-corrected chi connectivity index (χ0v) is 12.0. The van der Waals surface area contributed by atoms with Gasteiger partial charge in [-0.3, -0.25) is 4.90 Å². The zero-order chi connectivity index (χ0) is 13.1. The predicted molar refractivity (Wildman–Crippen MR) is 76.9 cm³/mol. The van der Waals surface area contributed by atoms with E-state index in [1.165, 1.54) is 45.1 Å². The topological polar surface area (TPSA) is 28.4 Å². The highest BCUT2D eigenvalue weighted by atomic mass is 16.3. The first kappa shape index (κ1) is 13.2. The molecular weight excluding hydrogens is 236 g/mol. The third kappa shape index (κ3) is 3.61. The average Bonchev–Trinajstić information content (AvgIpc) is 3.17. The molecule has 0 amide bonds. The van der Waals surface area contributed by atoms with Crippen molar-refractivity contribution in [2.24, 2.45) is 0 Å². The van der Waals surface area contributed by atoms with Gasteiger partial charge in [-0.15, -0.1) is 0 Å². The maximum Gasteiger partial charge on any atom is 0.118 e. The molecule has 3 heteroatoms. The quantitative estimate of drug-likeness (QED) is 0.852. The lowest BCUT2D eigenvalue weighted by Gasteiger charge is -2.34. The summed E-state index contributed by atoms with van der Waals surface area (Å²) in [4.78, 5) is 2.60. The van der Waals surface area contributed by atoms with Crippen LogP contribution in [0.5, 0.6) is 0 Å². The summed E-state index contributed by atoms with van der Waals surface area (Å²) in [7, 11) is 0. The number of rotatable bonds is 6. The number of nitrogens with zero attached hydrogens (tertiary/aromatic N) is 1.